The van der Waals surface area contributed by atoms with Gasteiger partial charge in [0.1, 0.15) is 17.2 Å². The quantitative estimate of drug-likeness (QED) is 0.326. The zero-order valence-corrected chi connectivity index (χ0v) is 17.1. The normalized spacial score (nSPS) is 10.9. The standard InChI is InChI=1S/C20H18N8O4/c1-30-14-7-3-5-12(9-14)11-22-24-20(29)16-17(13-6-4-8-15(10-13)31-2)28(27-23-16)19-18(21)25-32-26-19/h3-11H,1-2H3,(H2,21,25)(H,24,29)/b22-11+. The predicted octanol–water partition coefficient (Wildman–Crippen LogP) is 1.68. The Balaban J connectivity index is 1.68. The largest absolute Gasteiger partial charge is 0.497 e. The zero-order valence-electron chi connectivity index (χ0n) is 17.1. The maximum atomic E-state index is 12.9. The van der Waals surface area contributed by atoms with E-state index in [0.29, 0.717) is 22.8 Å². The molecule has 12 heteroatoms. The van der Waals surface area contributed by atoms with Gasteiger partial charge in [-0.25, -0.2) is 10.1 Å². The Morgan fingerprint density at radius 1 is 1.12 bits per heavy atom. The first-order valence-electron chi connectivity index (χ1n) is 9.26. The number of hydrogen-bond acceptors (Lipinski definition) is 10. The highest BCUT2D eigenvalue weighted by atomic mass is 16.6. The van der Waals surface area contributed by atoms with E-state index in [0.717, 1.165) is 5.56 Å². The van der Waals surface area contributed by atoms with Gasteiger partial charge in [0.25, 0.3) is 5.91 Å². The number of nitrogens with zero attached hydrogens (tertiary/aromatic N) is 6. The molecule has 32 heavy (non-hydrogen) atoms. The van der Waals surface area contributed by atoms with Crippen molar-refractivity contribution in [1.82, 2.24) is 30.7 Å². The second-order valence-corrected chi connectivity index (χ2v) is 6.38. The van der Waals surface area contributed by atoms with Gasteiger partial charge in [0, 0.05) is 5.56 Å². The summed E-state index contributed by atoms with van der Waals surface area (Å²) in [5.74, 6) is 0.728. The summed E-state index contributed by atoms with van der Waals surface area (Å²) in [5, 5.41) is 19.3. The molecule has 12 nitrogen and oxygen atoms in total. The van der Waals surface area contributed by atoms with Crippen molar-refractivity contribution in [2.24, 2.45) is 5.10 Å². The van der Waals surface area contributed by atoms with Crippen molar-refractivity contribution < 1.29 is 18.9 Å². The van der Waals surface area contributed by atoms with E-state index in [-0.39, 0.29) is 17.3 Å². The Kier molecular flexibility index (Phi) is 5.74. The van der Waals surface area contributed by atoms with Crippen LogP contribution in [0.2, 0.25) is 0 Å². The summed E-state index contributed by atoms with van der Waals surface area (Å²) in [6.45, 7) is 0. The second-order valence-electron chi connectivity index (χ2n) is 6.38. The fourth-order valence-corrected chi connectivity index (χ4v) is 2.89. The number of ether oxygens (including phenoxy) is 2. The molecule has 3 N–H and O–H groups in total. The van der Waals surface area contributed by atoms with Crippen LogP contribution < -0.4 is 20.6 Å². The predicted molar refractivity (Wildman–Crippen MR) is 114 cm³/mol. The van der Waals surface area contributed by atoms with Gasteiger partial charge in [0.05, 0.1) is 20.4 Å². The Hall–Kier alpha value is -4.74. The third-order valence-corrected chi connectivity index (χ3v) is 4.40. The number of nitrogens with one attached hydrogen (secondary N) is 1. The van der Waals surface area contributed by atoms with Crippen LogP contribution in [0.1, 0.15) is 16.1 Å². The molecule has 2 aromatic carbocycles. The molecule has 0 spiro atoms. The molecule has 0 atom stereocenters. The molecule has 0 aliphatic heterocycles. The topological polar surface area (TPSA) is 156 Å². The molecule has 0 radical (unpaired) electrons. The summed E-state index contributed by atoms with van der Waals surface area (Å²) < 4.78 is 16.4. The van der Waals surface area contributed by atoms with Crippen LogP contribution in [0.4, 0.5) is 5.82 Å². The number of nitrogens with two attached hydrogens (primary N) is 1. The van der Waals surface area contributed by atoms with Gasteiger partial charge in [-0.3, -0.25) is 4.79 Å². The minimum absolute atomic E-state index is 0.0107. The monoisotopic (exact) mass is 434 g/mol. The second kappa shape index (κ2) is 8.95. The lowest BCUT2D eigenvalue weighted by Gasteiger charge is -2.07. The summed E-state index contributed by atoms with van der Waals surface area (Å²) in [6.07, 6.45) is 1.48. The van der Waals surface area contributed by atoms with E-state index in [1.807, 2.05) is 12.1 Å². The molecule has 162 valence electrons. The van der Waals surface area contributed by atoms with E-state index in [1.54, 1.807) is 43.5 Å². The molecule has 2 heterocycles. The van der Waals surface area contributed by atoms with Crippen LogP contribution in [-0.2, 0) is 0 Å². The van der Waals surface area contributed by atoms with Crippen molar-refractivity contribution in [2.45, 2.75) is 0 Å². The summed E-state index contributed by atoms with van der Waals surface area (Å²) in [7, 11) is 3.10. The van der Waals surface area contributed by atoms with Gasteiger partial charge in [-0.2, -0.15) is 9.78 Å². The van der Waals surface area contributed by atoms with Crippen LogP contribution >= 0.6 is 0 Å². The maximum absolute atomic E-state index is 12.9. The molecule has 2 aromatic heterocycles. The molecule has 1 amide bonds. The number of nitrogen functional groups attached to an aromatic ring is 1. The highest BCUT2D eigenvalue weighted by Crippen LogP contribution is 2.28. The van der Waals surface area contributed by atoms with E-state index in [1.165, 1.54) is 18.0 Å². The third kappa shape index (κ3) is 4.09. The number of methoxy groups -OCH3 is 2. The molecule has 0 fully saturated rings. The lowest BCUT2D eigenvalue weighted by Crippen LogP contribution is -2.19. The number of aromatic nitrogens is 5. The van der Waals surface area contributed by atoms with E-state index in [9.17, 15) is 4.79 Å². The Labute approximate surface area is 181 Å². The summed E-state index contributed by atoms with van der Waals surface area (Å²) in [6, 6.07) is 14.2. The summed E-state index contributed by atoms with van der Waals surface area (Å²) in [4.78, 5) is 12.9. The molecule has 4 rings (SSSR count). The number of amides is 1. The van der Waals surface area contributed by atoms with Crippen LogP contribution in [0.25, 0.3) is 17.1 Å². The lowest BCUT2D eigenvalue weighted by molar-refractivity contribution is 0.0950. The molecule has 0 saturated heterocycles. The molecule has 0 aliphatic carbocycles. The first kappa shape index (κ1) is 20.5. The lowest BCUT2D eigenvalue weighted by atomic mass is 10.1. The molecule has 0 saturated carbocycles. The Morgan fingerprint density at radius 3 is 2.59 bits per heavy atom. The zero-order chi connectivity index (χ0) is 22.5. The minimum atomic E-state index is -0.594. The van der Waals surface area contributed by atoms with Gasteiger partial charge in [-0.15, -0.1) is 5.10 Å². The van der Waals surface area contributed by atoms with Gasteiger partial charge in [-0.1, -0.05) is 29.5 Å². The van der Waals surface area contributed by atoms with Crippen molar-refractivity contribution in [3.63, 3.8) is 0 Å². The van der Waals surface area contributed by atoms with Crippen LogP contribution in [0.5, 0.6) is 11.5 Å². The third-order valence-electron chi connectivity index (χ3n) is 4.40. The number of hydrazone groups is 1. The van der Waals surface area contributed by atoms with Crippen molar-refractivity contribution in [3.05, 3.63) is 59.8 Å². The Bertz CT molecular complexity index is 1280. The van der Waals surface area contributed by atoms with E-state index in [4.69, 9.17) is 15.2 Å². The van der Waals surface area contributed by atoms with Crippen LogP contribution in [0, 0.1) is 0 Å². The number of benzene rings is 2. The van der Waals surface area contributed by atoms with E-state index >= 15 is 0 Å². The number of rotatable bonds is 7. The maximum Gasteiger partial charge on any atom is 0.294 e. The number of hydrogen-bond donors (Lipinski definition) is 2. The molecule has 0 aliphatic rings. The molecule has 4 aromatic rings. The summed E-state index contributed by atoms with van der Waals surface area (Å²) in [5.41, 5.74) is 9.88. The minimum Gasteiger partial charge on any atom is -0.497 e. The SMILES string of the molecule is COc1cccc(/C=N/NC(=O)c2nnn(-c3nonc3N)c2-c2cccc(OC)c2)c1. The average molecular weight is 434 g/mol. The van der Waals surface area contributed by atoms with Crippen molar-refractivity contribution in [1.29, 1.82) is 0 Å². The first-order valence-corrected chi connectivity index (χ1v) is 9.26. The van der Waals surface area contributed by atoms with E-state index in [2.05, 4.69) is 35.8 Å². The summed E-state index contributed by atoms with van der Waals surface area (Å²) >= 11 is 0. The molecule has 0 bridgehead atoms. The first-order chi connectivity index (χ1) is 15.6. The Morgan fingerprint density at radius 2 is 1.88 bits per heavy atom. The highest BCUT2D eigenvalue weighted by molar-refractivity contribution is 5.99. The number of anilines is 1. The fourth-order valence-electron chi connectivity index (χ4n) is 2.89. The van der Waals surface area contributed by atoms with Crippen molar-refractivity contribution in [3.8, 4) is 28.6 Å². The van der Waals surface area contributed by atoms with Crippen LogP contribution in [0.15, 0.2) is 58.3 Å². The molecule has 0 unspecified atom stereocenters. The van der Waals surface area contributed by atoms with Gasteiger partial charge < -0.3 is 15.2 Å². The van der Waals surface area contributed by atoms with Crippen molar-refractivity contribution >= 4 is 17.9 Å². The number of carbonyl (C=O) groups is 1. The smallest absolute Gasteiger partial charge is 0.294 e. The molecular formula is C20H18N8O4. The van der Waals surface area contributed by atoms with Gasteiger partial charge in [0.2, 0.25) is 11.6 Å². The van der Waals surface area contributed by atoms with Crippen LogP contribution in [0.3, 0.4) is 0 Å². The van der Waals surface area contributed by atoms with E-state index < -0.39 is 5.91 Å². The van der Waals surface area contributed by atoms with Crippen LogP contribution in [-0.4, -0.2) is 51.6 Å². The van der Waals surface area contributed by atoms with Gasteiger partial charge >= 0.3 is 0 Å². The van der Waals surface area contributed by atoms with Crippen molar-refractivity contribution in [2.75, 3.05) is 20.0 Å². The van der Waals surface area contributed by atoms with Gasteiger partial charge in [0.15, 0.2) is 5.69 Å². The molecular weight excluding hydrogens is 416 g/mol. The fraction of sp³-hybridized carbons (Fsp3) is 0.100. The van der Waals surface area contributed by atoms with Gasteiger partial charge in [-0.05, 0) is 40.1 Å². The number of carbonyl (C=O) groups excluding carboxylic acids is 1. The highest BCUT2D eigenvalue weighted by Gasteiger charge is 2.25. The average Bonchev–Trinajstić information content (AvgIpc) is 3.45.